The van der Waals surface area contributed by atoms with Gasteiger partial charge in [0, 0.05) is 24.5 Å². The maximum absolute atomic E-state index is 12.7. The Kier molecular flexibility index (Phi) is 5.36. The molecule has 4 rings (SSSR count). The van der Waals surface area contributed by atoms with Gasteiger partial charge in [-0.05, 0) is 66.6 Å². The largest absolute Gasteiger partial charge is 0.368 e. The Bertz CT molecular complexity index is 1010. The summed E-state index contributed by atoms with van der Waals surface area (Å²) in [5.74, 6) is 0.344. The van der Waals surface area contributed by atoms with Crippen LogP contribution in [0.3, 0.4) is 0 Å². The number of nitrogens with one attached hydrogen (secondary N) is 1. The van der Waals surface area contributed by atoms with Gasteiger partial charge in [-0.15, -0.1) is 0 Å². The van der Waals surface area contributed by atoms with Crippen LogP contribution >= 0.6 is 0 Å². The van der Waals surface area contributed by atoms with Gasteiger partial charge in [-0.25, -0.2) is 8.42 Å². The van der Waals surface area contributed by atoms with Crippen LogP contribution in [0.15, 0.2) is 47.4 Å². The van der Waals surface area contributed by atoms with E-state index in [4.69, 9.17) is 4.74 Å². The number of hydrogen-bond donors (Lipinski definition) is 1. The topological polar surface area (TPSA) is 75.7 Å². The normalized spacial score (nSPS) is 18.9. The first kappa shape index (κ1) is 19.9. The van der Waals surface area contributed by atoms with Crippen LogP contribution in [-0.2, 0) is 26.0 Å². The number of carbonyl (C=O) groups excluding carboxylic acids is 1. The van der Waals surface area contributed by atoms with E-state index in [0.29, 0.717) is 31.2 Å². The number of nitrogens with zero attached hydrogens (tertiary/aromatic N) is 1. The van der Waals surface area contributed by atoms with Gasteiger partial charge in [0.2, 0.25) is 0 Å². The molecule has 0 radical (unpaired) electrons. The number of benzene rings is 2. The minimum atomic E-state index is -3.67. The molecule has 2 aliphatic rings. The van der Waals surface area contributed by atoms with Crippen molar-refractivity contribution in [3.05, 3.63) is 53.6 Å². The summed E-state index contributed by atoms with van der Waals surface area (Å²) in [7, 11) is -3.67. The molecule has 1 atom stereocenters. The molecule has 154 valence electrons. The van der Waals surface area contributed by atoms with E-state index >= 15 is 0 Å². The number of amides is 1. The summed E-state index contributed by atoms with van der Waals surface area (Å²) in [6.45, 7) is 5.37. The first-order valence-electron chi connectivity index (χ1n) is 10.0. The lowest BCUT2D eigenvalue weighted by Crippen LogP contribution is -2.37. The predicted octanol–water partition coefficient (Wildman–Crippen LogP) is 3.68. The van der Waals surface area contributed by atoms with Crippen LogP contribution in [0.4, 0.5) is 11.4 Å². The van der Waals surface area contributed by atoms with Gasteiger partial charge in [-0.2, -0.15) is 0 Å². The predicted molar refractivity (Wildman–Crippen MR) is 113 cm³/mol. The molecular weight excluding hydrogens is 388 g/mol. The molecule has 0 saturated carbocycles. The maximum Gasteiger partial charge on any atom is 0.261 e. The molecule has 7 heteroatoms. The fourth-order valence-electron chi connectivity index (χ4n) is 3.89. The van der Waals surface area contributed by atoms with Crippen LogP contribution < -0.4 is 9.62 Å². The molecule has 1 amide bonds. The molecule has 2 heterocycles. The van der Waals surface area contributed by atoms with Gasteiger partial charge >= 0.3 is 0 Å². The van der Waals surface area contributed by atoms with Crippen LogP contribution in [0.1, 0.15) is 43.7 Å². The van der Waals surface area contributed by atoms with Crippen LogP contribution in [0.2, 0.25) is 0 Å². The molecule has 1 fully saturated rings. The molecule has 0 bridgehead atoms. The molecule has 0 spiro atoms. The monoisotopic (exact) mass is 414 g/mol. The van der Waals surface area contributed by atoms with Crippen molar-refractivity contribution in [3.63, 3.8) is 0 Å². The molecule has 1 saturated heterocycles. The highest BCUT2D eigenvalue weighted by Gasteiger charge is 2.32. The van der Waals surface area contributed by atoms with Gasteiger partial charge in [-0.3, -0.25) is 9.52 Å². The zero-order valence-corrected chi connectivity index (χ0v) is 17.5. The highest BCUT2D eigenvalue weighted by molar-refractivity contribution is 7.92. The summed E-state index contributed by atoms with van der Waals surface area (Å²) < 4.78 is 33.7. The van der Waals surface area contributed by atoms with Crippen molar-refractivity contribution in [2.45, 2.75) is 50.0 Å². The Labute approximate surface area is 171 Å². The molecular formula is C22H26N2O4S. The molecule has 1 N–H and O–H groups in total. The zero-order chi connectivity index (χ0) is 20.6. The van der Waals surface area contributed by atoms with E-state index in [1.807, 2.05) is 24.3 Å². The van der Waals surface area contributed by atoms with Crippen LogP contribution in [0, 0.1) is 0 Å². The molecule has 0 aliphatic carbocycles. The minimum Gasteiger partial charge on any atom is -0.368 e. The van der Waals surface area contributed by atoms with Crippen molar-refractivity contribution in [1.29, 1.82) is 0 Å². The second kappa shape index (κ2) is 7.80. The Morgan fingerprint density at radius 1 is 1.17 bits per heavy atom. The average Bonchev–Trinajstić information content (AvgIpc) is 3.37. The standard InChI is InChI=1S/C22H26N2O4S/c1-15(2)16-5-8-19(9-6-16)29(26,27)23-18-7-10-20-17(14-18)11-12-24(20)22(25)21-4-3-13-28-21/h5-10,14-15,21,23H,3-4,11-13H2,1-2H3. The van der Waals surface area contributed by atoms with Crippen LogP contribution in [0.25, 0.3) is 0 Å². The first-order valence-corrected chi connectivity index (χ1v) is 11.5. The SMILES string of the molecule is CC(C)c1ccc(S(=O)(=O)Nc2ccc3c(c2)CCN3C(=O)C2CCCO2)cc1. The number of rotatable bonds is 5. The van der Waals surface area contributed by atoms with Crippen molar-refractivity contribution < 1.29 is 17.9 Å². The summed E-state index contributed by atoms with van der Waals surface area (Å²) in [5.41, 5.74) is 3.40. The summed E-state index contributed by atoms with van der Waals surface area (Å²) in [6.07, 6.45) is 2.02. The van der Waals surface area contributed by atoms with E-state index in [1.165, 1.54) is 0 Å². The van der Waals surface area contributed by atoms with Gasteiger partial charge in [-0.1, -0.05) is 26.0 Å². The summed E-state index contributed by atoms with van der Waals surface area (Å²) in [5, 5.41) is 0. The van der Waals surface area contributed by atoms with E-state index in [0.717, 1.165) is 29.7 Å². The highest BCUT2D eigenvalue weighted by atomic mass is 32.2. The fraction of sp³-hybridized carbons (Fsp3) is 0.409. The van der Waals surface area contributed by atoms with E-state index in [-0.39, 0.29) is 16.9 Å². The lowest BCUT2D eigenvalue weighted by Gasteiger charge is -2.21. The second-order valence-corrected chi connectivity index (χ2v) is 9.60. The quantitative estimate of drug-likeness (QED) is 0.810. The number of carbonyl (C=O) groups is 1. The third-order valence-electron chi connectivity index (χ3n) is 5.56. The Balaban J connectivity index is 1.51. The number of ether oxygens (including phenoxy) is 1. The number of fused-ring (bicyclic) bond motifs is 1. The van der Waals surface area contributed by atoms with Gasteiger partial charge < -0.3 is 9.64 Å². The van der Waals surface area contributed by atoms with Gasteiger partial charge in [0.1, 0.15) is 6.10 Å². The van der Waals surface area contributed by atoms with Crippen molar-refractivity contribution in [2.75, 3.05) is 22.8 Å². The Morgan fingerprint density at radius 3 is 2.59 bits per heavy atom. The summed E-state index contributed by atoms with van der Waals surface area (Å²) >= 11 is 0. The van der Waals surface area contributed by atoms with Gasteiger partial charge in [0.05, 0.1) is 4.90 Å². The van der Waals surface area contributed by atoms with E-state index in [9.17, 15) is 13.2 Å². The third-order valence-corrected chi connectivity index (χ3v) is 6.95. The van der Waals surface area contributed by atoms with Crippen molar-refractivity contribution in [1.82, 2.24) is 0 Å². The lowest BCUT2D eigenvalue weighted by atomic mass is 10.0. The average molecular weight is 415 g/mol. The molecule has 2 aliphatic heterocycles. The smallest absolute Gasteiger partial charge is 0.261 e. The molecule has 0 aromatic heterocycles. The van der Waals surface area contributed by atoms with E-state index < -0.39 is 10.0 Å². The highest BCUT2D eigenvalue weighted by Crippen LogP contribution is 2.33. The zero-order valence-electron chi connectivity index (χ0n) is 16.7. The summed E-state index contributed by atoms with van der Waals surface area (Å²) in [6, 6.07) is 12.3. The lowest BCUT2D eigenvalue weighted by molar-refractivity contribution is -0.127. The van der Waals surface area contributed by atoms with E-state index in [1.54, 1.807) is 23.1 Å². The maximum atomic E-state index is 12.7. The minimum absolute atomic E-state index is 0.000164. The second-order valence-electron chi connectivity index (χ2n) is 7.91. The number of anilines is 2. The third kappa shape index (κ3) is 4.02. The van der Waals surface area contributed by atoms with Crippen LogP contribution in [0.5, 0.6) is 0 Å². The summed E-state index contributed by atoms with van der Waals surface area (Å²) in [4.78, 5) is 14.7. The molecule has 29 heavy (non-hydrogen) atoms. The molecule has 2 aromatic rings. The molecule has 1 unspecified atom stereocenters. The van der Waals surface area contributed by atoms with Gasteiger partial charge in [0.25, 0.3) is 15.9 Å². The van der Waals surface area contributed by atoms with Gasteiger partial charge in [0.15, 0.2) is 0 Å². The van der Waals surface area contributed by atoms with Crippen molar-refractivity contribution in [2.24, 2.45) is 0 Å². The number of hydrogen-bond acceptors (Lipinski definition) is 4. The number of sulfonamides is 1. The first-order chi connectivity index (χ1) is 13.8. The van der Waals surface area contributed by atoms with Crippen molar-refractivity contribution >= 4 is 27.3 Å². The Hall–Kier alpha value is -2.38. The van der Waals surface area contributed by atoms with E-state index in [2.05, 4.69) is 18.6 Å². The van der Waals surface area contributed by atoms with Crippen molar-refractivity contribution in [3.8, 4) is 0 Å². The van der Waals surface area contributed by atoms with Crippen LogP contribution in [-0.4, -0.2) is 33.6 Å². The molecule has 6 nitrogen and oxygen atoms in total. The fourth-order valence-corrected chi connectivity index (χ4v) is 4.94. The Morgan fingerprint density at radius 2 is 1.93 bits per heavy atom. The molecule has 2 aromatic carbocycles.